The number of hydrogen-bond donors (Lipinski definition) is 2. The number of aromatic amines is 1. The van der Waals surface area contributed by atoms with Crippen LogP contribution in [0.2, 0.25) is 0 Å². The summed E-state index contributed by atoms with van der Waals surface area (Å²) >= 11 is 0. The minimum absolute atomic E-state index is 0.466. The second-order valence-electron chi connectivity index (χ2n) is 5.37. The average molecular weight is 315 g/mol. The molecule has 2 N–H and O–H groups in total. The number of pyridine rings is 1. The normalized spacial score (nSPS) is 12.0. The Hall–Kier alpha value is -2.34. The molecule has 0 aliphatic rings. The molecule has 114 valence electrons. The summed E-state index contributed by atoms with van der Waals surface area (Å²) in [4.78, 5) is 7.35. The quantitative estimate of drug-likeness (QED) is 0.775. The van der Waals surface area contributed by atoms with Gasteiger partial charge in [-0.15, -0.1) is 0 Å². The van der Waals surface area contributed by atoms with Crippen LogP contribution in [-0.2, 0) is 10.0 Å². The van der Waals surface area contributed by atoms with Crippen molar-refractivity contribution in [2.75, 3.05) is 4.72 Å². The first-order valence-electron chi connectivity index (χ1n) is 7.01. The first-order valence-corrected chi connectivity index (χ1v) is 8.56. The zero-order chi connectivity index (χ0) is 15.7. The van der Waals surface area contributed by atoms with Crippen LogP contribution in [0, 0.1) is 0 Å². The summed E-state index contributed by atoms with van der Waals surface area (Å²) in [6.45, 7) is 3.30. The van der Waals surface area contributed by atoms with Gasteiger partial charge in [0.05, 0.1) is 5.25 Å². The van der Waals surface area contributed by atoms with Crippen LogP contribution in [0.4, 0.5) is 5.69 Å². The van der Waals surface area contributed by atoms with Gasteiger partial charge >= 0.3 is 0 Å². The number of rotatable bonds is 4. The van der Waals surface area contributed by atoms with E-state index in [0.717, 1.165) is 22.2 Å². The maximum absolute atomic E-state index is 11.9. The molecule has 0 bridgehead atoms. The van der Waals surface area contributed by atoms with Crippen LogP contribution in [0.3, 0.4) is 0 Å². The maximum Gasteiger partial charge on any atom is 0.235 e. The monoisotopic (exact) mass is 315 g/mol. The predicted octanol–water partition coefficient (Wildman–Crippen LogP) is 3.38. The highest BCUT2D eigenvalue weighted by Crippen LogP contribution is 2.28. The molecule has 2 heterocycles. The predicted molar refractivity (Wildman–Crippen MR) is 89.2 cm³/mol. The van der Waals surface area contributed by atoms with Gasteiger partial charge in [-0.05, 0) is 49.2 Å². The molecule has 1 aromatic carbocycles. The Morgan fingerprint density at radius 2 is 1.82 bits per heavy atom. The molecule has 0 atom stereocenters. The van der Waals surface area contributed by atoms with Crippen LogP contribution in [-0.4, -0.2) is 23.6 Å². The fourth-order valence-electron chi connectivity index (χ4n) is 2.21. The number of benzene rings is 1. The van der Waals surface area contributed by atoms with Crippen molar-refractivity contribution in [2.24, 2.45) is 0 Å². The number of aromatic nitrogens is 2. The molecule has 0 saturated carbocycles. The number of nitrogens with one attached hydrogen (secondary N) is 2. The Balaban J connectivity index is 1.94. The lowest BCUT2D eigenvalue weighted by Gasteiger charge is -2.11. The lowest BCUT2D eigenvalue weighted by Crippen LogP contribution is -2.22. The van der Waals surface area contributed by atoms with Crippen molar-refractivity contribution in [1.82, 2.24) is 9.97 Å². The van der Waals surface area contributed by atoms with Gasteiger partial charge in [0, 0.05) is 23.5 Å². The molecule has 3 rings (SSSR count). The summed E-state index contributed by atoms with van der Waals surface area (Å²) in [6.07, 6.45) is 3.61. The van der Waals surface area contributed by atoms with Gasteiger partial charge in [-0.1, -0.05) is 12.1 Å². The second kappa shape index (κ2) is 5.46. The Labute approximate surface area is 129 Å². The first kappa shape index (κ1) is 14.6. The Morgan fingerprint density at radius 1 is 1.09 bits per heavy atom. The van der Waals surface area contributed by atoms with Gasteiger partial charge in [0.15, 0.2) is 0 Å². The van der Waals surface area contributed by atoms with Crippen LogP contribution < -0.4 is 4.72 Å². The van der Waals surface area contributed by atoms with Crippen LogP contribution in [0.5, 0.6) is 0 Å². The highest BCUT2D eigenvalue weighted by atomic mass is 32.2. The molecule has 2 aromatic heterocycles. The molecule has 0 fully saturated rings. The maximum atomic E-state index is 11.9. The summed E-state index contributed by atoms with van der Waals surface area (Å²) in [5.41, 5.74) is 3.47. The summed E-state index contributed by atoms with van der Waals surface area (Å²) in [7, 11) is -3.32. The van der Waals surface area contributed by atoms with Gasteiger partial charge in [-0.3, -0.25) is 4.72 Å². The van der Waals surface area contributed by atoms with E-state index >= 15 is 0 Å². The Kier molecular flexibility index (Phi) is 3.62. The van der Waals surface area contributed by atoms with Gasteiger partial charge in [-0.2, -0.15) is 0 Å². The van der Waals surface area contributed by atoms with Crippen LogP contribution >= 0.6 is 0 Å². The molecule has 0 spiro atoms. The number of hydrogen-bond acceptors (Lipinski definition) is 3. The summed E-state index contributed by atoms with van der Waals surface area (Å²) < 4.78 is 26.3. The van der Waals surface area contributed by atoms with E-state index in [-0.39, 0.29) is 0 Å². The van der Waals surface area contributed by atoms with Gasteiger partial charge < -0.3 is 4.98 Å². The summed E-state index contributed by atoms with van der Waals surface area (Å²) in [6, 6.07) is 11.3. The topological polar surface area (TPSA) is 74.8 Å². The molecule has 6 heteroatoms. The lowest BCUT2D eigenvalue weighted by molar-refractivity contribution is 0.593. The number of anilines is 1. The Bertz CT molecular complexity index is 897. The van der Waals surface area contributed by atoms with Crippen molar-refractivity contribution in [3.8, 4) is 11.1 Å². The van der Waals surface area contributed by atoms with Gasteiger partial charge in [0.25, 0.3) is 0 Å². The molecule has 0 aliphatic carbocycles. The van der Waals surface area contributed by atoms with Crippen molar-refractivity contribution in [2.45, 2.75) is 19.1 Å². The molecule has 22 heavy (non-hydrogen) atoms. The second-order valence-corrected chi connectivity index (χ2v) is 7.61. The molecule has 3 aromatic rings. The standard InChI is InChI=1S/C16H17N3O2S/c1-11(2)22(20,21)19-13-5-3-12(4-6-13)14-7-9-17-16-15(14)8-10-18-16/h3-11,19H,1-2H3,(H,17,18). The fourth-order valence-corrected chi connectivity index (χ4v) is 2.91. The lowest BCUT2D eigenvalue weighted by atomic mass is 10.0. The number of sulfonamides is 1. The van der Waals surface area contributed by atoms with Crippen molar-refractivity contribution in [3.63, 3.8) is 0 Å². The Morgan fingerprint density at radius 3 is 2.50 bits per heavy atom. The van der Waals surface area contributed by atoms with Crippen LogP contribution in [0.1, 0.15) is 13.8 Å². The van der Waals surface area contributed by atoms with E-state index in [1.807, 2.05) is 30.5 Å². The first-order chi connectivity index (χ1) is 10.5. The third kappa shape index (κ3) is 2.69. The molecule has 0 saturated heterocycles. The smallest absolute Gasteiger partial charge is 0.235 e. The van der Waals surface area contributed by atoms with E-state index in [1.54, 1.807) is 32.2 Å². The van der Waals surface area contributed by atoms with E-state index in [1.165, 1.54) is 0 Å². The van der Waals surface area contributed by atoms with Crippen molar-refractivity contribution < 1.29 is 8.42 Å². The van der Waals surface area contributed by atoms with Gasteiger partial charge in [-0.25, -0.2) is 13.4 Å². The minimum atomic E-state index is -3.32. The zero-order valence-electron chi connectivity index (χ0n) is 12.4. The number of fused-ring (bicyclic) bond motifs is 1. The highest BCUT2D eigenvalue weighted by Gasteiger charge is 2.15. The van der Waals surface area contributed by atoms with Gasteiger partial charge in [0.2, 0.25) is 10.0 Å². The van der Waals surface area contributed by atoms with E-state index in [0.29, 0.717) is 5.69 Å². The molecule has 0 amide bonds. The van der Waals surface area contributed by atoms with Crippen molar-refractivity contribution in [3.05, 3.63) is 48.8 Å². The highest BCUT2D eigenvalue weighted by molar-refractivity contribution is 7.93. The van der Waals surface area contributed by atoms with Gasteiger partial charge in [0.1, 0.15) is 5.65 Å². The number of H-pyrrole nitrogens is 1. The van der Waals surface area contributed by atoms with E-state index in [2.05, 4.69) is 14.7 Å². The number of nitrogens with zero attached hydrogens (tertiary/aromatic N) is 1. The van der Waals surface area contributed by atoms with Crippen LogP contribution in [0.25, 0.3) is 22.2 Å². The largest absolute Gasteiger partial charge is 0.346 e. The third-order valence-electron chi connectivity index (χ3n) is 3.54. The fraction of sp³-hybridized carbons (Fsp3) is 0.188. The zero-order valence-corrected chi connectivity index (χ0v) is 13.2. The van der Waals surface area contributed by atoms with E-state index in [4.69, 9.17) is 0 Å². The van der Waals surface area contributed by atoms with Crippen molar-refractivity contribution in [1.29, 1.82) is 0 Å². The van der Waals surface area contributed by atoms with E-state index in [9.17, 15) is 8.42 Å². The SMILES string of the molecule is CC(C)S(=O)(=O)Nc1ccc(-c2ccnc3[nH]ccc23)cc1. The summed E-state index contributed by atoms with van der Waals surface area (Å²) in [5.74, 6) is 0. The molecular formula is C16H17N3O2S. The van der Waals surface area contributed by atoms with E-state index < -0.39 is 15.3 Å². The minimum Gasteiger partial charge on any atom is -0.346 e. The summed E-state index contributed by atoms with van der Waals surface area (Å²) in [5, 5.41) is 0.574. The third-order valence-corrected chi connectivity index (χ3v) is 5.30. The molecule has 5 nitrogen and oxygen atoms in total. The molecule has 0 radical (unpaired) electrons. The van der Waals surface area contributed by atoms with Crippen molar-refractivity contribution >= 4 is 26.7 Å². The molecular weight excluding hydrogens is 298 g/mol. The molecule has 0 aliphatic heterocycles. The van der Waals surface area contributed by atoms with Crippen LogP contribution in [0.15, 0.2) is 48.8 Å². The average Bonchev–Trinajstić information content (AvgIpc) is 2.96. The molecule has 0 unspecified atom stereocenters.